The average molecular weight is 179 g/mol. The maximum absolute atomic E-state index is 10.9. The van der Waals surface area contributed by atoms with Crippen LogP contribution in [0.5, 0.6) is 0 Å². The first kappa shape index (κ1) is 8.44. The summed E-state index contributed by atoms with van der Waals surface area (Å²) in [6.07, 6.45) is 0. The van der Waals surface area contributed by atoms with E-state index in [9.17, 15) is 13.2 Å². The number of nitrogens with zero attached hydrogens (tertiary/aromatic N) is 1. The van der Waals surface area contributed by atoms with E-state index in [4.69, 9.17) is 5.73 Å². The van der Waals surface area contributed by atoms with Gasteiger partial charge in [-0.1, -0.05) is 0 Å². The molecule has 0 spiro atoms. The summed E-state index contributed by atoms with van der Waals surface area (Å²) in [5, 5.41) is 0. The summed E-state index contributed by atoms with van der Waals surface area (Å²) in [5.74, 6) is -0.449. The van der Waals surface area contributed by atoms with E-state index in [0.717, 1.165) is 4.31 Å². The summed E-state index contributed by atoms with van der Waals surface area (Å²) >= 11 is 0. The minimum absolute atomic E-state index is 0.0498. The zero-order chi connectivity index (χ0) is 8.48. The summed E-state index contributed by atoms with van der Waals surface area (Å²) in [6, 6.07) is 0. The lowest BCUT2D eigenvalue weighted by Crippen LogP contribution is -2.35. The van der Waals surface area contributed by atoms with Crippen molar-refractivity contribution < 1.29 is 13.2 Å². The van der Waals surface area contributed by atoms with Crippen LogP contribution in [0.1, 0.15) is 0 Å². The van der Waals surface area contributed by atoms with Gasteiger partial charge in [0.25, 0.3) is 5.91 Å². The molecule has 1 aliphatic rings. The number of carbonyl (C=O) groups is 1. The summed E-state index contributed by atoms with van der Waals surface area (Å²) < 4.78 is 24.6. The molecular weight excluding hydrogens is 170 g/mol. The molecule has 3 N–H and O–H groups in total. The van der Waals surface area contributed by atoms with Crippen molar-refractivity contribution in [2.45, 2.75) is 0 Å². The Balaban J connectivity index is 2.81. The van der Waals surface area contributed by atoms with Crippen molar-refractivity contribution in [2.24, 2.45) is 5.73 Å². The molecular formula is C4H9N3O3S. The minimum atomic E-state index is -3.54. The molecule has 0 radical (unpaired) electrons. The van der Waals surface area contributed by atoms with Gasteiger partial charge in [-0.3, -0.25) is 4.79 Å². The highest BCUT2D eigenvalue weighted by atomic mass is 32.2. The molecule has 0 aromatic heterocycles. The number of hydrogen-bond donors (Lipinski definition) is 2. The first-order chi connectivity index (χ1) is 5.08. The standard InChI is InChI=1S/C4H9N3O3S/c5-1-2-7-4(8)3-6-11(7,9)10/h6H,1-3,5H2. The molecule has 0 atom stereocenters. The molecule has 0 aromatic rings. The van der Waals surface area contributed by atoms with Crippen LogP contribution in [0.2, 0.25) is 0 Å². The monoisotopic (exact) mass is 179 g/mol. The van der Waals surface area contributed by atoms with Crippen LogP contribution >= 0.6 is 0 Å². The molecule has 1 heterocycles. The third-order valence-electron chi connectivity index (χ3n) is 1.31. The fourth-order valence-corrected chi connectivity index (χ4v) is 1.96. The van der Waals surface area contributed by atoms with Crippen molar-refractivity contribution in [1.82, 2.24) is 9.03 Å². The van der Waals surface area contributed by atoms with Gasteiger partial charge in [0.1, 0.15) is 0 Å². The molecule has 64 valence electrons. The van der Waals surface area contributed by atoms with Crippen LogP contribution in [-0.4, -0.2) is 38.3 Å². The van der Waals surface area contributed by atoms with Crippen LogP contribution in [0.3, 0.4) is 0 Å². The molecule has 7 heteroatoms. The van der Waals surface area contributed by atoms with Crippen LogP contribution < -0.4 is 10.5 Å². The highest BCUT2D eigenvalue weighted by Crippen LogP contribution is 2.03. The Bertz CT molecular complexity index is 260. The number of carbonyl (C=O) groups excluding carboxylic acids is 1. The van der Waals surface area contributed by atoms with Crippen molar-refractivity contribution in [3.8, 4) is 0 Å². The second-order valence-corrected chi connectivity index (χ2v) is 3.76. The first-order valence-electron chi connectivity index (χ1n) is 3.08. The van der Waals surface area contributed by atoms with Crippen molar-refractivity contribution in [2.75, 3.05) is 19.6 Å². The lowest BCUT2D eigenvalue weighted by atomic mass is 10.5. The van der Waals surface area contributed by atoms with E-state index < -0.39 is 16.1 Å². The van der Waals surface area contributed by atoms with E-state index in [2.05, 4.69) is 4.72 Å². The summed E-state index contributed by atoms with van der Waals surface area (Å²) in [7, 11) is -3.54. The van der Waals surface area contributed by atoms with E-state index in [1.165, 1.54) is 0 Å². The Morgan fingerprint density at radius 3 is 2.64 bits per heavy atom. The predicted molar refractivity (Wildman–Crippen MR) is 37.7 cm³/mol. The average Bonchev–Trinajstić information content (AvgIpc) is 2.16. The maximum atomic E-state index is 10.9. The topological polar surface area (TPSA) is 92.5 Å². The number of hydrogen-bond acceptors (Lipinski definition) is 4. The highest BCUT2D eigenvalue weighted by molar-refractivity contribution is 7.88. The van der Waals surface area contributed by atoms with Gasteiger partial charge in [-0.25, -0.2) is 4.31 Å². The third-order valence-corrected chi connectivity index (χ3v) is 2.78. The van der Waals surface area contributed by atoms with E-state index in [1.54, 1.807) is 0 Å². The Hall–Kier alpha value is -0.660. The highest BCUT2D eigenvalue weighted by Gasteiger charge is 2.33. The van der Waals surface area contributed by atoms with E-state index >= 15 is 0 Å². The molecule has 0 aliphatic carbocycles. The number of nitrogens with two attached hydrogens (primary N) is 1. The molecule has 1 amide bonds. The Morgan fingerprint density at radius 1 is 1.64 bits per heavy atom. The van der Waals surface area contributed by atoms with Gasteiger partial charge in [0, 0.05) is 6.54 Å². The quantitative estimate of drug-likeness (QED) is 0.495. The van der Waals surface area contributed by atoms with Crippen molar-refractivity contribution in [1.29, 1.82) is 0 Å². The molecule has 6 nitrogen and oxygen atoms in total. The van der Waals surface area contributed by atoms with E-state index in [-0.39, 0.29) is 19.6 Å². The Labute approximate surface area is 64.5 Å². The van der Waals surface area contributed by atoms with Crippen LogP contribution in [0.25, 0.3) is 0 Å². The van der Waals surface area contributed by atoms with Crippen LogP contribution in [0, 0.1) is 0 Å². The molecule has 1 saturated heterocycles. The van der Waals surface area contributed by atoms with Crippen LogP contribution in [0.15, 0.2) is 0 Å². The second kappa shape index (κ2) is 2.76. The fraction of sp³-hybridized carbons (Fsp3) is 0.750. The van der Waals surface area contributed by atoms with Crippen LogP contribution in [0.4, 0.5) is 0 Å². The van der Waals surface area contributed by atoms with Gasteiger partial charge >= 0.3 is 10.2 Å². The Morgan fingerprint density at radius 2 is 2.27 bits per heavy atom. The van der Waals surface area contributed by atoms with Crippen molar-refractivity contribution in [3.63, 3.8) is 0 Å². The Kier molecular flexibility index (Phi) is 2.12. The second-order valence-electron chi connectivity index (χ2n) is 2.08. The third kappa shape index (κ3) is 1.50. The van der Waals surface area contributed by atoms with Gasteiger partial charge in [0.05, 0.1) is 13.1 Å². The number of rotatable bonds is 2. The minimum Gasteiger partial charge on any atom is -0.329 e. The van der Waals surface area contributed by atoms with Gasteiger partial charge in [0.15, 0.2) is 0 Å². The zero-order valence-electron chi connectivity index (χ0n) is 5.78. The molecule has 1 fully saturated rings. The maximum Gasteiger partial charge on any atom is 0.304 e. The molecule has 1 aliphatic heterocycles. The smallest absolute Gasteiger partial charge is 0.304 e. The van der Waals surface area contributed by atoms with Crippen molar-refractivity contribution >= 4 is 16.1 Å². The summed E-state index contributed by atoms with van der Waals surface area (Å²) in [6.45, 7) is 0.0448. The van der Waals surface area contributed by atoms with Gasteiger partial charge in [-0.15, -0.1) is 0 Å². The predicted octanol–water partition coefficient (Wildman–Crippen LogP) is -2.38. The number of amides is 1. The molecule has 1 rings (SSSR count). The first-order valence-corrected chi connectivity index (χ1v) is 4.52. The molecule has 0 bridgehead atoms. The normalized spacial score (nSPS) is 22.6. The number of nitrogens with one attached hydrogen (secondary N) is 1. The van der Waals surface area contributed by atoms with Crippen molar-refractivity contribution in [3.05, 3.63) is 0 Å². The summed E-state index contributed by atoms with van der Waals surface area (Å²) in [5.41, 5.74) is 5.11. The van der Waals surface area contributed by atoms with Gasteiger partial charge in [0.2, 0.25) is 0 Å². The van der Waals surface area contributed by atoms with Gasteiger partial charge in [-0.05, 0) is 0 Å². The van der Waals surface area contributed by atoms with Gasteiger partial charge in [-0.2, -0.15) is 13.1 Å². The SMILES string of the molecule is NCCN1C(=O)CNS1(=O)=O. The van der Waals surface area contributed by atoms with Crippen LogP contribution in [-0.2, 0) is 15.0 Å². The largest absolute Gasteiger partial charge is 0.329 e. The van der Waals surface area contributed by atoms with Gasteiger partial charge < -0.3 is 5.73 Å². The molecule has 0 unspecified atom stereocenters. The van der Waals surface area contributed by atoms with E-state index in [1.807, 2.05) is 0 Å². The molecule has 0 saturated carbocycles. The van der Waals surface area contributed by atoms with E-state index in [0.29, 0.717) is 0 Å². The summed E-state index contributed by atoms with van der Waals surface area (Å²) in [4.78, 5) is 10.8. The fourth-order valence-electron chi connectivity index (χ4n) is 0.815. The molecule has 0 aromatic carbocycles. The molecule has 11 heavy (non-hydrogen) atoms. The lowest BCUT2D eigenvalue weighted by Gasteiger charge is -2.10. The zero-order valence-corrected chi connectivity index (χ0v) is 6.60. The lowest BCUT2D eigenvalue weighted by molar-refractivity contribution is -0.124.